The van der Waals surface area contributed by atoms with Gasteiger partial charge in [-0.05, 0) is 44.2 Å². The maximum atomic E-state index is 13.5. The Morgan fingerprint density at radius 1 is 1.03 bits per heavy atom. The Bertz CT molecular complexity index is 1110. The first-order chi connectivity index (χ1) is 13.9. The van der Waals surface area contributed by atoms with Gasteiger partial charge in [0.25, 0.3) is 0 Å². The highest BCUT2D eigenvalue weighted by atomic mass is 16.5. The zero-order valence-corrected chi connectivity index (χ0v) is 16.6. The molecule has 0 spiro atoms. The van der Waals surface area contributed by atoms with Crippen LogP contribution in [0, 0.1) is 0 Å². The highest BCUT2D eigenvalue weighted by molar-refractivity contribution is 6.08. The summed E-state index contributed by atoms with van der Waals surface area (Å²) >= 11 is 0. The number of methoxy groups -OCH3 is 2. The van der Waals surface area contributed by atoms with Gasteiger partial charge in [-0.15, -0.1) is 0 Å². The number of carbonyl (C=O) groups excluding carboxylic acids is 1. The van der Waals surface area contributed by atoms with Gasteiger partial charge >= 0.3 is 0 Å². The Labute approximate surface area is 168 Å². The van der Waals surface area contributed by atoms with Crippen molar-refractivity contribution < 1.29 is 28.5 Å². The molecule has 0 radical (unpaired) electrons. The summed E-state index contributed by atoms with van der Waals surface area (Å²) in [5.41, 5.74) is 1.54. The Morgan fingerprint density at radius 3 is 2.55 bits per heavy atom. The molecular weight excluding hydrogens is 372 g/mol. The van der Waals surface area contributed by atoms with Crippen LogP contribution in [0.25, 0.3) is 6.08 Å². The SMILES string of the molecule is COc1cc2c(cc1OC)C1C(=O)c3ccc4c(c3OC1=CO2)C=CC(C)(C)O4. The lowest BCUT2D eigenvalue weighted by Gasteiger charge is -2.34. The van der Waals surface area contributed by atoms with Gasteiger partial charge in [-0.1, -0.05) is 0 Å². The summed E-state index contributed by atoms with van der Waals surface area (Å²) < 4.78 is 28.7. The van der Waals surface area contributed by atoms with E-state index in [1.54, 1.807) is 32.4 Å². The Balaban J connectivity index is 1.63. The number of allylic oxidation sites excluding steroid dienone is 1. The molecule has 0 bridgehead atoms. The van der Waals surface area contributed by atoms with E-state index in [0.717, 1.165) is 5.56 Å². The van der Waals surface area contributed by atoms with Crippen LogP contribution in [0.4, 0.5) is 0 Å². The van der Waals surface area contributed by atoms with Crippen molar-refractivity contribution in [1.82, 2.24) is 0 Å². The molecule has 6 heteroatoms. The summed E-state index contributed by atoms with van der Waals surface area (Å²) in [5.74, 6) is 2.56. The zero-order valence-electron chi connectivity index (χ0n) is 16.6. The van der Waals surface area contributed by atoms with E-state index in [1.807, 2.05) is 32.1 Å². The second-order valence-corrected chi connectivity index (χ2v) is 7.68. The molecule has 1 unspecified atom stereocenters. The number of hydrogen-bond donors (Lipinski definition) is 0. The first-order valence-electron chi connectivity index (χ1n) is 9.32. The van der Waals surface area contributed by atoms with Crippen LogP contribution in [0.1, 0.15) is 41.3 Å². The lowest BCUT2D eigenvalue weighted by molar-refractivity contribution is 0.0926. The van der Waals surface area contributed by atoms with Crippen LogP contribution in [-0.4, -0.2) is 25.6 Å². The van der Waals surface area contributed by atoms with Crippen molar-refractivity contribution >= 4 is 11.9 Å². The number of hydrogen-bond acceptors (Lipinski definition) is 6. The van der Waals surface area contributed by atoms with Crippen molar-refractivity contribution in [3.8, 4) is 28.7 Å². The third-order valence-electron chi connectivity index (χ3n) is 5.34. The summed E-state index contributed by atoms with van der Waals surface area (Å²) in [7, 11) is 3.11. The molecule has 3 aliphatic heterocycles. The number of Topliss-reactive ketones (excluding diaryl/α,β-unsaturated/α-hetero) is 1. The minimum atomic E-state index is -0.603. The van der Waals surface area contributed by atoms with Crippen LogP contribution in [0.3, 0.4) is 0 Å². The Kier molecular flexibility index (Phi) is 3.68. The van der Waals surface area contributed by atoms with Gasteiger partial charge in [0.2, 0.25) is 0 Å². The second kappa shape index (κ2) is 6.04. The molecule has 2 aromatic rings. The van der Waals surface area contributed by atoms with Gasteiger partial charge in [0.05, 0.1) is 25.3 Å². The lowest BCUT2D eigenvalue weighted by atomic mass is 9.84. The number of carbonyl (C=O) groups is 1. The van der Waals surface area contributed by atoms with Gasteiger partial charge < -0.3 is 23.7 Å². The molecule has 0 amide bonds. The van der Waals surface area contributed by atoms with Crippen molar-refractivity contribution in [2.75, 3.05) is 14.2 Å². The molecule has 3 heterocycles. The fraction of sp³-hybridized carbons (Fsp3) is 0.261. The number of ketones is 1. The average Bonchev–Trinajstić information content (AvgIpc) is 2.71. The average molecular weight is 392 g/mol. The summed E-state index contributed by atoms with van der Waals surface area (Å²) in [4.78, 5) is 13.5. The molecule has 2 aromatic carbocycles. The van der Waals surface area contributed by atoms with Crippen molar-refractivity contribution in [2.24, 2.45) is 0 Å². The van der Waals surface area contributed by atoms with Crippen molar-refractivity contribution in [2.45, 2.75) is 25.4 Å². The molecule has 6 nitrogen and oxygen atoms in total. The zero-order chi connectivity index (χ0) is 20.3. The van der Waals surface area contributed by atoms with Crippen LogP contribution in [0.5, 0.6) is 28.7 Å². The van der Waals surface area contributed by atoms with E-state index in [2.05, 4.69) is 0 Å². The smallest absolute Gasteiger partial charge is 0.181 e. The Hall–Kier alpha value is -3.41. The van der Waals surface area contributed by atoms with Crippen LogP contribution >= 0.6 is 0 Å². The van der Waals surface area contributed by atoms with Crippen LogP contribution in [0.2, 0.25) is 0 Å². The minimum absolute atomic E-state index is 0.0599. The second-order valence-electron chi connectivity index (χ2n) is 7.68. The molecule has 0 fully saturated rings. The molecule has 0 saturated heterocycles. The van der Waals surface area contributed by atoms with Gasteiger partial charge in [-0.25, -0.2) is 0 Å². The van der Waals surface area contributed by atoms with E-state index in [1.165, 1.54) is 6.26 Å². The number of benzene rings is 2. The lowest BCUT2D eigenvalue weighted by Crippen LogP contribution is -2.30. The van der Waals surface area contributed by atoms with Crippen molar-refractivity contribution in [3.63, 3.8) is 0 Å². The largest absolute Gasteiger partial charge is 0.493 e. The molecule has 148 valence electrons. The summed E-state index contributed by atoms with van der Waals surface area (Å²) in [5, 5.41) is 0. The van der Waals surface area contributed by atoms with Gasteiger partial charge in [0, 0.05) is 11.6 Å². The summed E-state index contributed by atoms with van der Waals surface area (Å²) in [6, 6.07) is 7.07. The highest BCUT2D eigenvalue weighted by Crippen LogP contribution is 2.50. The summed E-state index contributed by atoms with van der Waals surface area (Å²) in [6.45, 7) is 3.95. The predicted octanol–water partition coefficient (Wildman–Crippen LogP) is 4.48. The van der Waals surface area contributed by atoms with E-state index >= 15 is 0 Å². The molecule has 0 N–H and O–H groups in total. The topological polar surface area (TPSA) is 63.2 Å². The fourth-order valence-electron chi connectivity index (χ4n) is 3.91. The molecule has 3 aliphatic rings. The minimum Gasteiger partial charge on any atom is -0.493 e. The van der Waals surface area contributed by atoms with Gasteiger partial charge in [0.15, 0.2) is 23.0 Å². The van der Waals surface area contributed by atoms with Crippen LogP contribution in [-0.2, 0) is 0 Å². The van der Waals surface area contributed by atoms with Gasteiger partial charge in [-0.3, -0.25) is 4.79 Å². The third kappa shape index (κ3) is 2.59. The quantitative estimate of drug-likeness (QED) is 0.751. The van der Waals surface area contributed by atoms with E-state index in [9.17, 15) is 4.79 Å². The van der Waals surface area contributed by atoms with E-state index < -0.39 is 11.5 Å². The van der Waals surface area contributed by atoms with Gasteiger partial charge in [-0.2, -0.15) is 0 Å². The maximum absolute atomic E-state index is 13.5. The molecule has 0 saturated carbocycles. The maximum Gasteiger partial charge on any atom is 0.181 e. The van der Waals surface area contributed by atoms with Crippen LogP contribution in [0.15, 0.2) is 42.4 Å². The first-order valence-corrected chi connectivity index (χ1v) is 9.32. The third-order valence-corrected chi connectivity index (χ3v) is 5.34. The fourth-order valence-corrected chi connectivity index (χ4v) is 3.91. The molecular formula is C23H20O6. The molecule has 0 aromatic heterocycles. The number of rotatable bonds is 2. The monoisotopic (exact) mass is 392 g/mol. The summed E-state index contributed by atoms with van der Waals surface area (Å²) in [6.07, 6.45) is 5.38. The predicted molar refractivity (Wildman–Crippen MR) is 106 cm³/mol. The molecule has 1 atom stereocenters. The molecule has 29 heavy (non-hydrogen) atoms. The van der Waals surface area contributed by atoms with E-state index in [0.29, 0.717) is 45.6 Å². The Morgan fingerprint density at radius 2 is 1.79 bits per heavy atom. The normalized spacial score (nSPS) is 19.9. The van der Waals surface area contributed by atoms with Crippen molar-refractivity contribution in [3.05, 3.63) is 59.1 Å². The number of fused-ring (bicyclic) bond motifs is 6. The highest BCUT2D eigenvalue weighted by Gasteiger charge is 2.41. The van der Waals surface area contributed by atoms with Crippen LogP contribution < -0.4 is 23.7 Å². The first kappa shape index (κ1) is 17.7. The van der Waals surface area contributed by atoms with E-state index in [4.69, 9.17) is 23.7 Å². The molecule has 0 aliphatic carbocycles. The van der Waals surface area contributed by atoms with Crippen molar-refractivity contribution in [1.29, 1.82) is 0 Å². The van der Waals surface area contributed by atoms with Gasteiger partial charge in [0.1, 0.15) is 35.0 Å². The molecule has 5 rings (SSSR count). The van der Waals surface area contributed by atoms with E-state index in [-0.39, 0.29) is 5.78 Å². The standard InChI is InChI=1S/C23H20O6/c1-23(2)8-7-12-15(29-23)6-5-13-21(24)20-14-9-17(25-3)18(26-4)10-16(14)27-11-19(20)28-22(12)13/h5-11,20H,1-4H3. The number of ether oxygens (including phenoxy) is 5.